The van der Waals surface area contributed by atoms with E-state index in [0.29, 0.717) is 0 Å². The zero-order valence-corrected chi connectivity index (χ0v) is 11.8. The lowest BCUT2D eigenvalue weighted by Gasteiger charge is -2.27. The second kappa shape index (κ2) is 5.61. The largest absolute Gasteiger partial charge is 0.378 e. The van der Waals surface area contributed by atoms with Crippen molar-refractivity contribution in [2.75, 3.05) is 33.3 Å². The van der Waals surface area contributed by atoms with Crippen LogP contribution in [0.5, 0.6) is 0 Å². The zero-order valence-electron chi connectivity index (χ0n) is 11.8. The molecule has 19 heavy (non-hydrogen) atoms. The van der Waals surface area contributed by atoms with Crippen molar-refractivity contribution < 1.29 is 4.74 Å². The van der Waals surface area contributed by atoms with E-state index in [-0.39, 0.29) is 5.60 Å². The highest BCUT2D eigenvalue weighted by molar-refractivity contribution is 5.26. The zero-order chi connectivity index (χ0) is 13.1. The third-order valence-corrected chi connectivity index (χ3v) is 4.37. The van der Waals surface area contributed by atoms with Crippen molar-refractivity contribution in [2.24, 2.45) is 0 Å². The molecule has 3 nitrogen and oxygen atoms in total. The molecule has 0 bridgehead atoms. The summed E-state index contributed by atoms with van der Waals surface area (Å²) >= 11 is 0. The Balaban J connectivity index is 1.62. The Hall–Kier alpha value is -0.900. The minimum absolute atomic E-state index is 0.160. The Labute approximate surface area is 115 Å². The normalized spacial score (nSPS) is 22.4. The molecule has 0 aromatic heterocycles. The van der Waals surface area contributed by atoms with E-state index in [0.717, 1.165) is 39.1 Å². The number of benzene rings is 1. The van der Waals surface area contributed by atoms with Crippen molar-refractivity contribution in [1.82, 2.24) is 10.2 Å². The second-order valence-corrected chi connectivity index (χ2v) is 5.91. The predicted molar refractivity (Wildman–Crippen MR) is 77.3 cm³/mol. The maximum Gasteiger partial charge on any atom is 0.0721 e. The van der Waals surface area contributed by atoms with E-state index in [2.05, 4.69) is 34.5 Å². The van der Waals surface area contributed by atoms with Gasteiger partial charge in [-0.15, -0.1) is 0 Å². The van der Waals surface area contributed by atoms with Gasteiger partial charge in [0.2, 0.25) is 0 Å². The van der Waals surface area contributed by atoms with Crippen LogP contribution in [0, 0.1) is 0 Å². The Bertz CT molecular complexity index is 423. The van der Waals surface area contributed by atoms with E-state index >= 15 is 0 Å². The summed E-state index contributed by atoms with van der Waals surface area (Å²) < 4.78 is 5.62. The van der Waals surface area contributed by atoms with Gasteiger partial charge in [-0.3, -0.25) is 4.90 Å². The SMILES string of the molecule is COC1(Cc2cccc(CN3CCNCC3)c2)CC1. The summed E-state index contributed by atoms with van der Waals surface area (Å²) in [6.45, 7) is 5.63. The summed E-state index contributed by atoms with van der Waals surface area (Å²) in [7, 11) is 1.84. The number of nitrogens with zero attached hydrogens (tertiary/aromatic N) is 1. The molecule has 104 valence electrons. The molecular formula is C16H24N2O. The molecule has 1 aromatic rings. The van der Waals surface area contributed by atoms with Crippen molar-refractivity contribution in [3.8, 4) is 0 Å². The molecule has 3 rings (SSSR count). The van der Waals surface area contributed by atoms with Crippen molar-refractivity contribution >= 4 is 0 Å². The number of methoxy groups -OCH3 is 1. The van der Waals surface area contributed by atoms with Crippen LogP contribution < -0.4 is 5.32 Å². The third kappa shape index (κ3) is 3.35. The Morgan fingerprint density at radius 2 is 1.95 bits per heavy atom. The average molecular weight is 260 g/mol. The van der Waals surface area contributed by atoms with Crippen LogP contribution in [0.25, 0.3) is 0 Å². The number of hydrogen-bond donors (Lipinski definition) is 1. The van der Waals surface area contributed by atoms with Crippen LogP contribution in [0.15, 0.2) is 24.3 Å². The van der Waals surface area contributed by atoms with Crippen LogP contribution in [0.1, 0.15) is 24.0 Å². The minimum Gasteiger partial charge on any atom is -0.378 e. The van der Waals surface area contributed by atoms with Crippen LogP contribution >= 0.6 is 0 Å². The standard InChI is InChI=1S/C16H24N2O/c1-19-16(5-6-16)12-14-3-2-4-15(11-14)13-18-9-7-17-8-10-18/h2-4,11,17H,5-10,12-13H2,1H3. The van der Waals surface area contributed by atoms with Gasteiger partial charge in [-0.2, -0.15) is 0 Å². The van der Waals surface area contributed by atoms with Gasteiger partial charge in [-0.25, -0.2) is 0 Å². The summed E-state index contributed by atoms with van der Waals surface area (Å²) in [6.07, 6.45) is 3.50. The second-order valence-electron chi connectivity index (χ2n) is 5.91. The van der Waals surface area contributed by atoms with Crippen LogP contribution in [-0.2, 0) is 17.7 Å². The van der Waals surface area contributed by atoms with Gasteiger partial charge in [0.05, 0.1) is 5.60 Å². The van der Waals surface area contributed by atoms with Gasteiger partial charge in [-0.05, 0) is 24.0 Å². The maximum absolute atomic E-state index is 5.62. The summed E-state index contributed by atoms with van der Waals surface area (Å²) in [4.78, 5) is 2.53. The fraction of sp³-hybridized carbons (Fsp3) is 0.625. The van der Waals surface area contributed by atoms with E-state index in [1.54, 1.807) is 0 Å². The van der Waals surface area contributed by atoms with Crippen LogP contribution in [-0.4, -0.2) is 43.8 Å². The van der Waals surface area contributed by atoms with Gasteiger partial charge in [0.15, 0.2) is 0 Å². The highest BCUT2D eigenvalue weighted by Gasteiger charge is 2.42. The van der Waals surface area contributed by atoms with Crippen molar-refractivity contribution in [3.05, 3.63) is 35.4 Å². The summed E-state index contributed by atoms with van der Waals surface area (Å²) in [5, 5.41) is 3.40. The van der Waals surface area contributed by atoms with Crippen molar-refractivity contribution in [3.63, 3.8) is 0 Å². The highest BCUT2D eigenvalue weighted by atomic mass is 16.5. The molecule has 0 amide bonds. The Kier molecular flexibility index (Phi) is 3.87. The lowest BCUT2D eigenvalue weighted by Crippen LogP contribution is -2.42. The molecule has 1 aliphatic carbocycles. The average Bonchev–Trinajstić information content (AvgIpc) is 3.21. The molecule has 2 aliphatic rings. The first kappa shape index (κ1) is 13.1. The molecular weight excluding hydrogens is 236 g/mol. The van der Waals surface area contributed by atoms with Gasteiger partial charge < -0.3 is 10.1 Å². The summed E-state index contributed by atoms with van der Waals surface area (Å²) in [5.41, 5.74) is 3.02. The van der Waals surface area contributed by atoms with Gasteiger partial charge in [-0.1, -0.05) is 24.3 Å². The summed E-state index contributed by atoms with van der Waals surface area (Å²) in [6, 6.07) is 9.04. The van der Waals surface area contributed by atoms with Crippen LogP contribution in [0.2, 0.25) is 0 Å². The maximum atomic E-state index is 5.62. The van der Waals surface area contributed by atoms with E-state index in [1.807, 2.05) is 7.11 Å². The first-order chi connectivity index (χ1) is 9.30. The highest BCUT2D eigenvalue weighted by Crippen LogP contribution is 2.41. The van der Waals surface area contributed by atoms with Gasteiger partial charge in [0.25, 0.3) is 0 Å². The van der Waals surface area contributed by atoms with Crippen LogP contribution in [0.3, 0.4) is 0 Å². The number of nitrogens with one attached hydrogen (secondary N) is 1. The number of ether oxygens (including phenoxy) is 1. The van der Waals surface area contributed by atoms with Gasteiger partial charge in [0, 0.05) is 46.3 Å². The minimum atomic E-state index is 0.160. The molecule has 1 heterocycles. The van der Waals surface area contributed by atoms with Crippen molar-refractivity contribution in [1.29, 1.82) is 0 Å². The number of rotatable bonds is 5. The molecule has 0 atom stereocenters. The first-order valence-electron chi connectivity index (χ1n) is 7.36. The Morgan fingerprint density at radius 1 is 1.21 bits per heavy atom. The fourth-order valence-corrected chi connectivity index (χ4v) is 2.93. The molecule has 1 saturated heterocycles. The van der Waals surface area contributed by atoms with E-state index in [1.165, 1.54) is 24.0 Å². The van der Waals surface area contributed by atoms with E-state index in [4.69, 9.17) is 4.74 Å². The molecule has 1 aliphatic heterocycles. The molecule has 0 unspecified atom stereocenters. The first-order valence-corrected chi connectivity index (χ1v) is 7.36. The molecule has 1 N–H and O–H groups in total. The van der Waals surface area contributed by atoms with Crippen molar-refractivity contribution in [2.45, 2.75) is 31.4 Å². The predicted octanol–water partition coefficient (Wildman–Crippen LogP) is 1.81. The Morgan fingerprint density at radius 3 is 2.63 bits per heavy atom. The topological polar surface area (TPSA) is 24.5 Å². The number of piperazine rings is 1. The molecule has 0 radical (unpaired) electrons. The molecule has 2 fully saturated rings. The number of hydrogen-bond acceptors (Lipinski definition) is 3. The molecule has 0 spiro atoms. The fourth-order valence-electron chi connectivity index (χ4n) is 2.93. The smallest absolute Gasteiger partial charge is 0.0721 e. The quantitative estimate of drug-likeness (QED) is 0.874. The van der Waals surface area contributed by atoms with E-state index in [9.17, 15) is 0 Å². The lowest BCUT2D eigenvalue weighted by atomic mass is 10.0. The lowest BCUT2D eigenvalue weighted by molar-refractivity contribution is 0.0807. The monoisotopic (exact) mass is 260 g/mol. The van der Waals surface area contributed by atoms with Crippen LogP contribution in [0.4, 0.5) is 0 Å². The van der Waals surface area contributed by atoms with Gasteiger partial charge in [0.1, 0.15) is 0 Å². The molecule has 1 aromatic carbocycles. The van der Waals surface area contributed by atoms with E-state index < -0.39 is 0 Å². The molecule has 1 saturated carbocycles. The van der Waals surface area contributed by atoms with Gasteiger partial charge >= 0.3 is 0 Å². The third-order valence-electron chi connectivity index (χ3n) is 4.37. The molecule has 3 heteroatoms. The summed E-state index contributed by atoms with van der Waals surface area (Å²) in [5.74, 6) is 0.